The standard InChI is InChI=1S/C21H20FN3O2/c1-2-9-25-12-15-10-18(7-8-19(15)21(25)26)27-13-16-11-23-24-20(16)14-3-5-17(22)6-4-14/h3-8,10-11H,2,9,12-13H2,1H3,(H,23,24). The Morgan fingerprint density at radius 1 is 1.22 bits per heavy atom. The van der Waals surface area contributed by atoms with E-state index in [0.29, 0.717) is 18.9 Å². The number of rotatable bonds is 6. The van der Waals surface area contributed by atoms with E-state index in [1.165, 1.54) is 12.1 Å². The third-order valence-electron chi connectivity index (χ3n) is 4.69. The molecule has 0 saturated heterocycles. The average molecular weight is 365 g/mol. The molecule has 0 radical (unpaired) electrons. The molecular formula is C21H20FN3O2. The maximum atomic E-state index is 13.1. The SMILES string of the molecule is CCCN1Cc2cc(OCc3cn[nH]c3-c3ccc(F)cc3)ccc2C1=O. The first-order chi connectivity index (χ1) is 13.2. The molecule has 2 heterocycles. The summed E-state index contributed by atoms with van der Waals surface area (Å²) in [4.78, 5) is 14.2. The number of aromatic nitrogens is 2. The van der Waals surface area contributed by atoms with Gasteiger partial charge >= 0.3 is 0 Å². The van der Waals surface area contributed by atoms with E-state index in [1.54, 1.807) is 18.3 Å². The summed E-state index contributed by atoms with van der Waals surface area (Å²) in [6, 6.07) is 11.8. The lowest BCUT2D eigenvalue weighted by molar-refractivity contribution is 0.0778. The van der Waals surface area contributed by atoms with Gasteiger partial charge in [0, 0.05) is 29.8 Å². The minimum Gasteiger partial charge on any atom is -0.489 e. The average Bonchev–Trinajstić information content (AvgIpc) is 3.26. The molecule has 3 aromatic rings. The zero-order valence-electron chi connectivity index (χ0n) is 15.0. The Morgan fingerprint density at radius 3 is 2.81 bits per heavy atom. The summed E-state index contributed by atoms with van der Waals surface area (Å²) in [5, 5.41) is 7.02. The van der Waals surface area contributed by atoms with E-state index in [4.69, 9.17) is 4.74 Å². The van der Waals surface area contributed by atoms with Crippen LogP contribution in [0.15, 0.2) is 48.7 Å². The third kappa shape index (κ3) is 3.43. The number of hydrogen-bond donors (Lipinski definition) is 1. The molecule has 0 bridgehead atoms. The second-order valence-corrected chi connectivity index (χ2v) is 6.61. The van der Waals surface area contributed by atoms with Gasteiger partial charge in [0.2, 0.25) is 0 Å². The monoisotopic (exact) mass is 365 g/mol. The molecule has 6 heteroatoms. The van der Waals surface area contributed by atoms with E-state index in [-0.39, 0.29) is 11.7 Å². The van der Waals surface area contributed by atoms with Crippen LogP contribution in [0.25, 0.3) is 11.3 Å². The maximum absolute atomic E-state index is 13.1. The van der Waals surface area contributed by atoms with E-state index in [2.05, 4.69) is 17.1 Å². The van der Waals surface area contributed by atoms with Crippen LogP contribution < -0.4 is 4.74 Å². The summed E-state index contributed by atoms with van der Waals surface area (Å²) < 4.78 is 19.1. The topological polar surface area (TPSA) is 58.2 Å². The van der Waals surface area contributed by atoms with E-state index in [9.17, 15) is 9.18 Å². The molecule has 0 fully saturated rings. The molecule has 0 aliphatic carbocycles. The van der Waals surface area contributed by atoms with Gasteiger partial charge in [0.1, 0.15) is 18.2 Å². The highest BCUT2D eigenvalue weighted by molar-refractivity contribution is 5.98. The second kappa shape index (κ2) is 7.23. The van der Waals surface area contributed by atoms with Crippen molar-refractivity contribution in [3.8, 4) is 17.0 Å². The van der Waals surface area contributed by atoms with Gasteiger partial charge in [-0.1, -0.05) is 6.92 Å². The number of carbonyl (C=O) groups is 1. The van der Waals surface area contributed by atoms with Crippen molar-refractivity contribution in [3.05, 3.63) is 71.2 Å². The van der Waals surface area contributed by atoms with Crippen LogP contribution in [0.1, 0.15) is 34.8 Å². The number of aromatic amines is 1. The molecule has 1 aromatic heterocycles. The molecule has 1 aliphatic rings. The Morgan fingerprint density at radius 2 is 2.04 bits per heavy atom. The molecule has 1 N–H and O–H groups in total. The van der Waals surface area contributed by atoms with Crippen molar-refractivity contribution in [1.29, 1.82) is 0 Å². The second-order valence-electron chi connectivity index (χ2n) is 6.61. The van der Waals surface area contributed by atoms with Crippen LogP contribution in [0.3, 0.4) is 0 Å². The van der Waals surface area contributed by atoms with Gasteiger partial charge in [-0.3, -0.25) is 9.89 Å². The van der Waals surface area contributed by atoms with Crippen LogP contribution in [-0.2, 0) is 13.2 Å². The first-order valence-corrected chi connectivity index (χ1v) is 8.99. The van der Waals surface area contributed by atoms with E-state index >= 15 is 0 Å². The lowest BCUT2D eigenvalue weighted by Crippen LogP contribution is -2.24. The van der Waals surface area contributed by atoms with Gasteiger partial charge in [0.05, 0.1) is 11.9 Å². The predicted octanol–water partition coefficient (Wildman–Crippen LogP) is 4.16. The number of amides is 1. The minimum atomic E-state index is -0.277. The highest BCUT2D eigenvalue weighted by Gasteiger charge is 2.26. The van der Waals surface area contributed by atoms with Crippen LogP contribution in [0.4, 0.5) is 4.39 Å². The van der Waals surface area contributed by atoms with Crippen molar-refractivity contribution in [2.75, 3.05) is 6.54 Å². The minimum absolute atomic E-state index is 0.0897. The molecule has 27 heavy (non-hydrogen) atoms. The number of nitrogens with one attached hydrogen (secondary N) is 1. The van der Waals surface area contributed by atoms with Crippen molar-refractivity contribution in [1.82, 2.24) is 15.1 Å². The Balaban J connectivity index is 1.48. The maximum Gasteiger partial charge on any atom is 0.254 e. The van der Waals surface area contributed by atoms with Crippen molar-refractivity contribution in [2.24, 2.45) is 0 Å². The van der Waals surface area contributed by atoms with Crippen molar-refractivity contribution in [2.45, 2.75) is 26.5 Å². The Bertz CT molecular complexity index is 966. The van der Waals surface area contributed by atoms with Gasteiger partial charge in [-0.25, -0.2) is 4.39 Å². The fourth-order valence-electron chi connectivity index (χ4n) is 3.35. The van der Waals surface area contributed by atoms with Crippen LogP contribution in [-0.4, -0.2) is 27.5 Å². The molecule has 0 saturated carbocycles. The van der Waals surface area contributed by atoms with Crippen molar-refractivity contribution in [3.63, 3.8) is 0 Å². The van der Waals surface area contributed by atoms with Gasteiger partial charge in [0.15, 0.2) is 0 Å². The molecule has 0 unspecified atom stereocenters. The number of carbonyl (C=O) groups excluding carboxylic acids is 1. The number of ether oxygens (including phenoxy) is 1. The van der Waals surface area contributed by atoms with E-state index < -0.39 is 0 Å². The molecule has 138 valence electrons. The van der Waals surface area contributed by atoms with Crippen LogP contribution in [0.2, 0.25) is 0 Å². The van der Waals surface area contributed by atoms with Gasteiger partial charge in [-0.2, -0.15) is 5.10 Å². The first-order valence-electron chi connectivity index (χ1n) is 8.99. The fourth-order valence-corrected chi connectivity index (χ4v) is 3.35. The molecular weight excluding hydrogens is 345 g/mol. The van der Waals surface area contributed by atoms with Crippen molar-refractivity contribution >= 4 is 5.91 Å². The molecule has 1 amide bonds. The molecule has 0 atom stereocenters. The molecule has 2 aromatic carbocycles. The highest BCUT2D eigenvalue weighted by Crippen LogP contribution is 2.28. The number of benzene rings is 2. The number of fused-ring (bicyclic) bond motifs is 1. The van der Waals surface area contributed by atoms with Gasteiger partial charge in [-0.15, -0.1) is 0 Å². The number of H-pyrrole nitrogens is 1. The summed E-state index contributed by atoms with van der Waals surface area (Å²) in [5.41, 5.74) is 4.29. The predicted molar refractivity (Wildman–Crippen MR) is 99.8 cm³/mol. The highest BCUT2D eigenvalue weighted by atomic mass is 19.1. The van der Waals surface area contributed by atoms with E-state index in [1.807, 2.05) is 23.1 Å². The van der Waals surface area contributed by atoms with Crippen LogP contribution in [0, 0.1) is 5.82 Å². The summed E-state index contributed by atoms with van der Waals surface area (Å²) in [6.45, 7) is 3.79. The number of nitrogens with zero attached hydrogens (tertiary/aromatic N) is 2. The quantitative estimate of drug-likeness (QED) is 0.714. The largest absolute Gasteiger partial charge is 0.489 e. The third-order valence-corrected chi connectivity index (χ3v) is 4.69. The van der Waals surface area contributed by atoms with Crippen LogP contribution in [0.5, 0.6) is 5.75 Å². The Hall–Kier alpha value is -3.15. The number of halogens is 1. The summed E-state index contributed by atoms with van der Waals surface area (Å²) in [5.74, 6) is 0.527. The van der Waals surface area contributed by atoms with Gasteiger partial charge < -0.3 is 9.64 Å². The fraction of sp³-hybridized carbons (Fsp3) is 0.238. The zero-order valence-corrected chi connectivity index (χ0v) is 15.0. The summed E-state index contributed by atoms with van der Waals surface area (Å²) >= 11 is 0. The normalized spacial score (nSPS) is 13.1. The first kappa shape index (κ1) is 17.3. The summed E-state index contributed by atoms with van der Waals surface area (Å²) in [6.07, 6.45) is 2.65. The smallest absolute Gasteiger partial charge is 0.254 e. The molecule has 1 aliphatic heterocycles. The molecule has 4 rings (SSSR count). The number of hydrogen-bond acceptors (Lipinski definition) is 3. The van der Waals surface area contributed by atoms with Crippen molar-refractivity contribution < 1.29 is 13.9 Å². The summed E-state index contributed by atoms with van der Waals surface area (Å²) in [7, 11) is 0. The molecule has 5 nitrogen and oxygen atoms in total. The lowest BCUT2D eigenvalue weighted by Gasteiger charge is -2.13. The lowest BCUT2D eigenvalue weighted by atomic mass is 10.1. The Kier molecular flexibility index (Phi) is 4.62. The molecule has 0 spiro atoms. The van der Waals surface area contributed by atoms with Crippen LogP contribution >= 0.6 is 0 Å². The zero-order chi connectivity index (χ0) is 18.8. The van der Waals surface area contributed by atoms with Gasteiger partial charge in [0.25, 0.3) is 5.91 Å². The van der Waals surface area contributed by atoms with Gasteiger partial charge in [-0.05, 0) is 54.4 Å². The van der Waals surface area contributed by atoms with E-state index in [0.717, 1.165) is 40.9 Å². The Labute approximate surface area is 156 Å².